The Morgan fingerprint density at radius 2 is 1.94 bits per heavy atom. The number of alkyl halides is 3. The number of hydrogen-bond acceptors (Lipinski definition) is 2. The van der Waals surface area contributed by atoms with Gasteiger partial charge in [0.15, 0.2) is 0 Å². The highest BCUT2D eigenvalue weighted by atomic mass is 19.4. The molecule has 1 aromatic heterocycles. The number of imidazole rings is 1. The van der Waals surface area contributed by atoms with Crippen molar-refractivity contribution in [1.29, 1.82) is 0 Å². The quantitative estimate of drug-likeness (QED) is 0.800. The zero-order chi connectivity index (χ0) is 13.5. The first-order valence-corrected chi connectivity index (χ1v) is 4.94. The molecule has 1 heterocycles. The topological polar surface area (TPSA) is 43.8 Å². The minimum Gasteiger partial charge on any atom is -0.383 e. The van der Waals surface area contributed by atoms with Crippen LogP contribution in [0.25, 0.3) is 11.3 Å². The van der Waals surface area contributed by atoms with E-state index in [1.807, 2.05) is 0 Å². The molecular formula is C11H9F4N3. The van der Waals surface area contributed by atoms with E-state index in [1.54, 1.807) is 7.05 Å². The van der Waals surface area contributed by atoms with Crippen LogP contribution in [0.3, 0.4) is 0 Å². The Kier molecular flexibility index (Phi) is 2.76. The normalized spacial score (nSPS) is 11.8. The van der Waals surface area contributed by atoms with Crippen LogP contribution >= 0.6 is 0 Å². The minimum absolute atomic E-state index is 0.127. The summed E-state index contributed by atoms with van der Waals surface area (Å²) < 4.78 is 52.2. The summed E-state index contributed by atoms with van der Waals surface area (Å²) in [6.45, 7) is 0. The van der Waals surface area contributed by atoms with Gasteiger partial charge in [0.1, 0.15) is 17.3 Å². The molecule has 3 nitrogen and oxygen atoms in total. The number of hydrogen-bond donors (Lipinski definition) is 1. The summed E-state index contributed by atoms with van der Waals surface area (Å²) in [6.07, 6.45) is -3.37. The van der Waals surface area contributed by atoms with Gasteiger partial charge >= 0.3 is 6.18 Å². The van der Waals surface area contributed by atoms with E-state index < -0.39 is 17.6 Å². The molecule has 0 aliphatic carbocycles. The molecule has 0 spiro atoms. The lowest BCUT2D eigenvalue weighted by molar-refractivity contribution is -0.139. The fraction of sp³-hybridized carbons (Fsp3) is 0.182. The molecule has 96 valence electrons. The van der Waals surface area contributed by atoms with Crippen molar-refractivity contribution in [3.63, 3.8) is 0 Å². The van der Waals surface area contributed by atoms with Crippen molar-refractivity contribution in [2.45, 2.75) is 6.18 Å². The van der Waals surface area contributed by atoms with E-state index in [1.165, 1.54) is 17.0 Å². The summed E-state index contributed by atoms with van der Waals surface area (Å²) in [5.74, 6) is -1.10. The molecule has 0 fully saturated rings. The largest absolute Gasteiger partial charge is 0.419 e. The molecule has 0 bridgehead atoms. The van der Waals surface area contributed by atoms with Crippen molar-refractivity contribution in [2.24, 2.45) is 7.05 Å². The first-order valence-electron chi connectivity index (χ1n) is 4.94. The lowest BCUT2D eigenvalue weighted by Gasteiger charge is -2.09. The van der Waals surface area contributed by atoms with Gasteiger partial charge in [0.25, 0.3) is 0 Å². The standard InChI is InChI=1S/C11H9F4N3/c1-18-5-17-9(10(18)16)6-2-3-8(12)7(4-6)11(13,14)15/h2-5H,16H2,1H3. The van der Waals surface area contributed by atoms with E-state index in [0.717, 1.165) is 6.07 Å². The number of aromatic nitrogens is 2. The monoisotopic (exact) mass is 259 g/mol. The number of nitrogens with zero attached hydrogens (tertiary/aromatic N) is 2. The molecule has 0 atom stereocenters. The Morgan fingerprint density at radius 1 is 1.28 bits per heavy atom. The first-order chi connectivity index (χ1) is 8.30. The molecule has 0 aliphatic rings. The summed E-state index contributed by atoms with van der Waals surface area (Å²) in [5.41, 5.74) is 4.65. The Hall–Kier alpha value is -2.05. The highest BCUT2D eigenvalue weighted by molar-refractivity contribution is 5.71. The molecule has 1 aromatic carbocycles. The summed E-state index contributed by atoms with van der Waals surface area (Å²) >= 11 is 0. The Labute approximate surface area is 99.9 Å². The van der Waals surface area contributed by atoms with Crippen molar-refractivity contribution in [3.05, 3.63) is 35.9 Å². The highest BCUT2D eigenvalue weighted by Gasteiger charge is 2.34. The molecule has 0 unspecified atom stereocenters. The second kappa shape index (κ2) is 4.01. The Morgan fingerprint density at radius 3 is 2.44 bits per heavy atom. The summed E-state index contributed by atoms with van der Waals surface area (Å²) in [5, 5.41) is 0. The van der Waals surface area contributed by atoms with E-state index in [9.17, 15) is 17.6 Å². The van der Waals surface area contributed by atoms with Crippen LogP contribution in [0.4, 0.5) is 23.4 Å². The average Bonchev–Trinajstić information content (AvgIpc) is 2.59. The maximum absolute atomic E-state index is 13.1. The van der Waals surface area contributed by atoms with Crippen molar-refractivity contribution < 1.29 is 17.6 Å². The third-order valence-electron chi connectivity index (χ3n) is 2.53. The molecule has 0 aliphatic heterocycles. The van der Waals surface area contributed by atoms with Crippen molar-refractivity contribution in [1.82, 2.24) is 9.55 Å². The van der Waals surface area contributed by atoms with Crippen LogP contribution in [-0.2, 0) is 13.2 Å². The molecular weight excluding hydrogens is 250 g/mol. The van der Waals surface area contributed by atoms with Gasteiger partial charge in [0, 0.05) is 12.6 Å². The van der Waals surface area contributed by atoms with E-state index >= 15 is 0 Å². The fourth-order valence-corrected chi connectivity index (χ4v) is 1.55. The highest BCUT2D eigenvalue weighted by Crippen LogP contribution is 2.34. The van der Waals surface area contributed by atoms with Gasteiger partial charge < -0.3 is 10.3 Å². The predicted molar refractivity (Wildman–Crippen MR) is 58.0 cm³/mol. The molecule has 2 rings (SSSR count). The van der Waals surface area contributed by atoms with Gasteiger partial charge in [-0.15, -0.1) is 0 Å². The van der Waals surface area contributed by atoms with Crippen molar-refractivity contribution in [3.8, 4) is 11.3 Å². The third-order valence-corrected chi connectivity index (χ3v) is 2.53. The maximum atomic E-state index is 13.1. The van der Waals surface area contributed by atoms with Crippen LogP contribution in [0.1, 0.15) is 5.56 Å². The van der Waals surface area contributed by atoms with E-state index in [0.29, 0.717) is 6.07 Å². The molecule has 2 aromatic rings. The summed E-state index contributed by atoms with van der Waals surface area (Å²) in [6, 6.07) is 2.67. The molecule has 0 radical (unpaired) electrons. The van der Waals surface area contributed by atoms with Crippen molar-refractivity contribution in [2.75, 3.05) is 5.73 Å². The van der Waals surface area contributed by atoms with Gasteiger partial charge in [0.05, 0.1) is 11.9 Å². The second-order valence-corrected chi connectivity index (χ2v) is 3.78. The first kappa shape index (κ1) is 12.4. The maximum Gasteiger partial charge on any atom is 0.419 e. The van der Waals surface area contributed by atoms with Gasteiger partial charge in [-0.3, -0.25) is 0 Å². The van der Waals surface area contributed by atoms with E-state index in [2.05, 4.69) is 4.98 Å². The molecule has 2 N–H and O–H groups in total. The number of benzene rings is 1. The van der Waals surface area contributed by atoms with Crippen LogP contribution in [-0.4, -0.2) is 9.55 Å². The number of anilines is 1. The van der Waals surface area contributed by atoms with Crippen LogP contribution in [0.5, 0.6) is 0 Å². The van der Waals surface area contributed by atoms with Gasteiger partial charge in [-0.2, -0.15) is 13.2 Å². The second-order valence-electron chi connectivity index (χ2n) is 3.78. The lowest BCUT2D eigenvalue weighted by Crippen LogP contribution is -2.08. The minimum atomic E-state index is -4.75. The van der Waals surface area contributed by atoms with Crippen molar-refractivity contribution >= 4 is 5.82 Å². The molecule has 18 heavy (non-hydrogen) atoms. The fourth-order valence-electron chi connectivity index (χ4n) is 1.55. The molecule has 0 saturated carbocycles. The summed E-state index contributed by atoms with van der Waals surface area (Å²) in [4.78, 5) is 3.89. The lowest BCUT2D eigenvalue weighted by atomic mass is 10.1. The number of nitrogens with two attached hydrogens (primary N) is 1. The number of nitrogen functional groups attached to an aromatic ring is 1. The molecule has 0 saturated heterocycles. The van der Waals surface area contributed by atoms with Crippen LogP contribution in [0, 0.1) is 5.82 Å². The number of halogens is 4. The van der Waals surface area contributed by atoms with Gasteiger partial charge in [0.2, 0.25) is 0 Å². The average molecular weight is 259 g/mol. The molecule has 7 heteroatoms. The Balaban J connectivity index is 2.58. The van der Waals surface area contributed by atoms with Crippen LogP contribution < -0.4 is 5.73 Å². The van der Waals surface area contributed by atoms with Gasteiger partial charge in [-0.05, 0) is 18.2 Å². The zero-order valence-corrected chi connectivity index (χ0v) is 9.29. The molecule has 0 amide bonds. The van der Waals surface area contributed by atoms with E-state index in [-0.39, 0.29) is 17.1 Å². The number of aryl methyl sites for hydroxylation is 1. The van der Waals surface area contributed by atoms with Crippen LogP contribution in [0.15, 0.2) is 24.5 Å². The zero-order valence-electron chi connectivity index (χ0n) is 9.29. The number of rotatable bonds is 1. The summed E-state index contributed by atoms with van der Waals surface area (Å²) in [7, 11) is 1.61. The smallest absolute Gasteiger partial charge is 0.383 e. The predicted octanol–water partition coefficient (Wildman–Crippen LogP) is 2.83. The van der Waals surface area contributed by atoms with Crippen LogP contribution in [0.2, 0.25) is 0 Å². The van der Waals surface area contributed by atoms with Gasteiger partial charge in [-0.25, -0.2) is 9.37 Å². The van der Waals surface area contributed by atoms with Gasteiger partial charge in [-0.1, -0.05) is 0 Å². The third kappa shape index (κ3) is 2.03. The Bertz CT molecular complexity index is 586. The van der Waals surface area contributed by atoms with E-state index in [4.69, 9.17) is 5.73 Å². The SMILES string of the molecule is Cn1cnc(-c2ccc(F)c(C(F)(F)F)c2)c1N.